The maximum Gasteiger partial charge on any atom is 0.413 e. The SMILES string of the molecule is CCOC(=O)NC(=O)CSc1nnc(C[NH+]2CCCCC2)o1. The molecule has 22 heavy (non-hydrogen) atoms. The van der Waals surface area contributed by atoms with Crippen LogP contribution in [-0.4, -0.2) is 47.6 Å². The van der Waals surface area contributed by atoms with Gasteiger partial charge in [-0.2, -0.15) is 0 Å². The molecule has 2 N–H and O–H groups in total. The van der Waals surface area contributed by atoms with Crippen molar-refractivity contribution in [1.29, 1.82) is 0 Å². The minimum atomic E-state index is -0.743. The zero-order chi connectivity index (χ0) is 15.8. The highest BCUT2D eigenvalue weighted by molar-refractivity contribution is 7.99. The van der Waals surface area contributed by atoms with Gasteiger partial charge in [0.1, 0.15) is 0 Å². The number of aromatic nitrogens is 2. The lowest BCUT2D eigenvalue weighted by molar-refractivity contribution is -0.919. The molecule has 1 aromatic heterocycles. The summed E-state index contributed by atoms with van der Waals surface area (Å²) in [6.07, 6.45) is 3.02. The van der Waals surface area contributed by atoms with Crippen molar-refractivity contribution in [2.75, 3.05) is 25.4 Å². The molecule has 0 radical (unpaired) electrons. The van der Waals surface area contributed by atoms with E-state index in [1.54, 1.807) is 6.92 Å². The zero-order valence-electron chi connectivity index (χ0n) is 12.6. The number of hydrogen-bond acceptors (Lipinski definition) is 7. The van der Waals surface area contributed by atoms with Gasteiger partial charge in [-0.05, 0) is 26.2 Å². The molecule has 0 saturated carbocycles. The Hall–Kier alpha value is -1.61. The molecular formula is C13H21N4O4S+. The van der Waals surface area contributed by atoms with Crippen LogP contribution in [0, 0.1) is 0 Å². The van der Waals surface area contributed by atoms with Gasteiger partial charge in [0.15, 0.2) is 6.54 Å². The van der Waals surface area contributed by atoms with Gasteiger partial charge in [0.05, 0.1) is 25.4 Å². The number of carbonyl (C=O) groups is 2. The number of alkyl carbamates (subject to hydrolysis) is 1. The van der Waals surface area contributed by atoms with Crippen molar-refractivity contribution in [2.45, 2.75) is 38.0 Å². The quantitative estimate of drug-likeness (QED) is 0.709. The summed E-state index contributed by atoms with van der Waals surface area (Å²) >= 11 is 1.10. The van der Waals surface area contributed by atoms with E-state index < -0.39 is 12.0 Å². The van der Waals surface area contributed by atoms with E-state index >= 15 is 0 Å². The number of quaternary nitrogens is 1. The average molecular weight is 329 g/mol. The van der Waals surface area contributed by atoms with Gasteiger partial charge in [0.25, 0.3) is 11.1 Å². The summed E-state index contributed by atoms with van der Waals surface area (Å²) in [7, 11) is 0. The Morgan fingerprint density at radius 3 is 2.82 bits per heavy atom. The third kappa shape index (κ3) is 5.64. The Bertz CT molecular complexity index is 502. The van der Waals surface area contributed by atoms with Gasteiger partial charge in [-0.1, -0.05) is 11.8 Å². The summed E-state index contributed by atoms with van der Waals surface area (Å²) in [6, 6.07) is 0. The lowest BCUT2D eigenvalue weighted by atomic mass is 10.1. The topological polar surface area (TPSA) is 98.8 Å². The van der Waals surface area contributed by atoms with Gasteiger partial charge in [-0.3, -0.25) is 10.1 Å². The first-order chi connectivity index (χ1) is 10.7. The molecule has 1 aliphatic heterocycles. The third-order valence-corrected chi connectivity index (χ3v) is 4.07. The Morgan fingerprint density at radius 1 is 1.32 bits per heavy atom. The van der Waals surface area contributed by atoms with Crippen LogP contribution in [0.4, 0.5) is 4.79 Å². The number of rotatable bonds is 6. The Balaban J connectivity index is 1.72. The van der Waals surface area contributed by atoms with Crippen LogP contribution in [-0.2, 0) is 16.1 Å². The van der Waals surface area contributed by atoms with E-state index in [1.165, 1.54) is 24.2 Å². The van der Waals surface area contributed by atoms with Crippen LogP contribution in [0.25, 0.3) is 0 Å². The number of likely N-dealkylation sites (tertiary alicyclic amines) is 1. The molecule has 2 heterocycles. The van der Waals surface area contributed by atoms with Crippen molar-refractivity contribution in [3.63, 3.8) is 0 Å². The molecule has 1 fully saturated rings. The summed E-state index contributed by atoms with van der Waals surface area (Å²) in [5, 5.41) is 10.3. The highest BCUT2D eigenvalue weighted by Gasteiger charge is 2.18. The summed E-state index contributed by atoms with van der Waals surface area (Å²) in [5.41, 5.74) is 0. The first-order valence-electron chi connectivity index (χ1n) is 7.42. The molecule has 122 valence electrons. The van der Waals surface area contributed by atoms with Gasteiger partial charge < -0.3 is 14.1 Å². The summed E-state index contributed by atoms with van der Waals surface area (Å²) in [5.74, 6) is 0.159. The molecule has 0 atom stereocenters. The van der Waals surface area contributed by atoms with Crippen LogP contribution in [0.1, 0.15) is 32.1 Å². The standard InChI is InChI=1S/C13H20N4O4S/c1-2-20-12(19)14-10(18)9-22-13-16-15-11(21-13)8-17-6-4-3-5-7-17/h2-9H2,1H3,(H,14,18,19)/p+1. The van der Waals surface area contributed by atoms with Crippen molar-refractivity contribution in [3.05, 3.63) is 5.89 Å². The number of nitrogens with one attached hydrogen (secondary N) is 2. The number of nitrogens with zero attached hydrogens (tertiary/aromatic N) is 2. The number of thioether (sulfide) groups is 1. The second-order valence-electron chi connectivity index (χ2n) is 5.01. The molecule has 9 heteroatoms. The monoisotopic (exact) mass is 329 g/mol. The van der Waals surface area contributed by atoms with E-state index in [0.717, 1.165) is 31.4 Å². The van der Waals surface area contributed by atoms with Gasteiger partial charge in [0.2, 0.25) is 5.91 Å². The summed E-state index contributed by atoms with van der Waals surface area (Å²) < 4.78 is 10.1. The molecule has 1 aromatic rings. The number of carbonyl (C=O) groups excluding carboxylic acids is 2. The lowest BCUT2D eigenvalue weighted by Gasteiger charge is -2.21. The van der Waals surface area contributed by atoms with Crippen LogP contribution < -0.4 is 10.2 Å². The van der Waals surface area contributed by atoms with Crippen molar-refractivity contribution in [2.24, 2.45) is 0 Å². The second kappa shape index (κ2) is 8.74. The van der Waals surface area contributed by atoms with E-state index in [-0.39, 0.29) is 12.4 Å². The van der Waals surface area contributed by atoms with Gasteiger partial charge in [-0.15, -0.1) is 10.2 Å². The summed E-state index contributed by atoms with van der Waals surface area (Å²) in [6.45, 7) is 4.88. The van der Waals surface area contributed by atoms with E-state index in [2.05, 4.69) is 20.3 Å². The molecule has 0 spiro atoms. The summed E-state index contributed by atoms with van der Waals surface area (Å²) in [4.78, 5) is 24.0. The maximum atomic E-state index is 11.5. The highest BCUT2D eigenvalue weighted by Crippen LogP contribution is 2.15. The van der Waals surface area contributed by atoms with E-state index in [1.807, 2.05) is 0 Å². The highest BCUT2D eigenvalue weighted by atomic mass is 32.2. The van der Waals surface area contributed by atoms with Gasteiger partial charge >= 0.3 is 6.09 Å². The predicted molar refractivity (Wildman–Crippen MR) is 78.4 cm³/mol. The molecule has 1 saturated heterocycles. The smallest absolute Gasteiger partial charge is 0.413 e. The normalized spacial score (nSPS) is 15.5. The maximum absolute atomic E-state index is 11.5. The first-order valence-corrected chi connectivity index (χ1v) is 8.41. The average Bonchev–Trinajstić information content (AvgIpc) is 2.94. The van der Waals surface area contributed by atoms with E-state index in [9.17, 15) is 9.59 Å². The molecule has 0 bridgehead atoms. The zero-order valence-corrected chi connectivity index (χ0v) is 13.4. The number of hydrogen-bond donors (Lipinski definition) is 2. The fraction of sp³-hybridized carbons (Fsp3) is 0.692. The van der Waals surface area contributed by atoms with Crippen molar-refractivity contribution >= 4 is 23.8 Å². The molecule has 0 aliphatic carbocycles. The molecule has 2 rings (SSSR count). The minimum Gasteiger partial charge on any atom is -0.450 e. The number of piperidine rings is 1. The van der Waals surface area contributed by atoms with Crippen molar-refractivity contribution < 1.29 is 23.6 Å². The Morgan fingerprint density at radius 2 is 2.09 bits per heavy atom. The van der Waals surface area contributed by atoms with Gasteiger partial charge in [-0.25, -0.2) is 4.79 Å². The van der Waals surface area contributed by atoms with Crippen LogP contribution >= 0.6 is 11.8 Å². The number of amides is 2. The van der Waals surface area contributed by atoms with Crippen molar-refractivity contribution in [3.8, 4) is 0 Å². The van der Waals surface area contributed by atoms with E-state index in [0.29, 0.717) is 11.1 Å². The predicted octanol–water partition coefficient (Wildman–Crippen LogP) is 0.00320. The molecule has 0 aromatic carbocycles. The van der Waals surface area contributed by atoms with E-state index in [4.69, 9.17) is 4.42 Å². The van der Waals surface area contributed by atoms with Gasteiger partial charge in [0, 0.05) is 0 Å². The molecule has 1 aliphatic rings. The van der Waals surface area contributed by atoms with Crippen LogP contribution in [0.2, 0.25) is 0 Å². The number of imide groups is 1. The molecule has 0 unspecified atom stereocenters. The minimum absolute atomic E-state index is 0.0248. The van der Waals surface area contributed by atoms with Crippen LogP contribution in [0.5, 0.6) is 0 Å². The van der Waals surface area contributed by atoms with Crippen LogP contribution in [0.15, 0.2) is 9.64 Å². The number of ether oxygens (including phenoxy) is 1. The van der Waals surface area contributed by atoms with Crippen molar-refractivity contribution in [1.82, 2.24) is 15.5 Å². The first kappa shape index (κ1) is 16.8. The van der Waals surface area contributed by atoms with Crippen LogP contribution in [0.3, 0.4) is 0 Å². The third-order valence-electron chi connectivity index (χ3n) is 3.25. The molecule has 8 nitrogen and oxygen atoms in total. The fourth-order valence-electron chi connectivity index (χ4n) is 2.25. The lowest BCUT2D eigenvalue weighted by Crippen LogP contribution is -3.11. The second-order valence-corrected chi connectivity index (χ2v) is 5.93. The molecular weight excluding hydrogens is 308 g/mol. The fourth-order valence-corrected chi connectivity index (χ4v) is 2.84. The largest absolute Gasteiger partial charge is 0.450 e. The Labute approximate surface area is 133 Å². The molecule has 2 amide bonds. The Kier molecular flexibility index (Phi) is 6.66.